The molecule has 2 heterocycles. The Morgan fingerprint density at radius 3 is 2.90 bits per heavy atom. The van der Waals surface area contributed by atoms with E-state index in [4.69, 9.17) is 5.73 Å². The molecule has 1 fully saturated rings. The van der Waals surface area contributed by atoms with Crippen LogP contribution in [0.5, 0.6) is 0 Å². The standard InChI is InChI=1S/C16H20N4O/c1-12-9-18-20(10-12)13-5-4-8-19(11-13)16(21)14-6-2-3-7-15(14)17/h2-3,6-7,9-10,13H,4-5,8,11,17H2,1H3. The third-order valence-electron chi connectivity index (χ3n) is 3.98. The van der Waals surface area contributed by atoms with E-state index in [0.717, 1.165) is 24.9 Å². The molecule has 0 saturated carbocycles. The highest BCUT2D eigenvalue weighted by molar-refractivity contribution is 5.99. The van der Waals surface area contributed by atoms with Gasteiger partial charge < -0.3 is 10.6 Å². The van der Waals surface area contributed by atoms with E-state index < -0.39 is 0 Å². The van der Waals surface area contributed by atoms with Gasteiger partial charge in [-0.25, -0.2) is 0 Å². The predicted molar refractivity (Wildman–Crippen MR) is 82.0 cm³/mol. The molecule has 1 aromatic carbocycles. The van der Waals surface area contributed by atoms with Crippen molar-refractivity contribution in [1.29, 1.82) is 0 Å². The second kappa shape index (κ2) is 5.60. The van der Waals surface area contributed by atoms with Crippen molar-refractivity contribution < 1.29 is 4.79 Å². The Morgan fingerprint density at radius 1 is 1.38 bits per heavy atom. The minimum Gasteiger partial charge on any atom is -0.398 e. The summed E-state index contributed by atoms with van der Waals surface area (Å²) in [6.07, 6.45) is 5.93. The molecule has 3 rings (SSSR count). The fourth-order valence-electron chi connectivity index (χ4n) is 2.85. The van der Waals surface area contributed by atoms with Gasteiger partial charge in [0, 0.05) is 25.0 Å². The molecule has 0 spiro atoms. The maximum atomic E-state index is 12.6. The number of hydrogen-bond donors (Lipinski definition) is 1. The Balaban J connectivity index is 1.77. The SMILES string of the molecule is Cc1cnn(C2CCCN(C(=O)c3ccccc3N)C2)c1. The van der Waals surface area contributed by atoms with Crippen molar-refractivity contribution in [1.82, 2.24) is 14.7 Å². The summed E-state index contributed by atoms with van der Waals surface area (Å²) in [6.45, 7) is 3.50. The molecule has 2 aromatic rings. The largest absolute Gasteiger partial charge is 0.398 e. The highest BCUT2D eigenvalue weighted by Crippen LogP contribution is 2.24. The fraction of sp³-hybridized carbons (Fsp3) is 0.375. The number of rotatable bonds is 2. The summed E-state index contributed by atoms with van der Waals surface area (Å²) in [5, 5.41) is 4.38. The minimum atomic E-state index is 0.0154. The molecule has 21 heavy (non-hydrogen) atoms. The van der Waals surface area contributed by atoms with E-state index in [1.807, 2.05) is 41.0 Å². The van der Waals surface area contributed by atoms with Crippen LogP contribution in [-0.2, 0) is 0 Å². The number of nitrogen functional groups attached to an aromatic ring is 1. The molecule has 0 radical (unpaired) electrons. The van der Waals surface area contributed by atoms with Gasteiger partial charge in [-0.2, -0.15) is 5.10 Å². The number of amides is 1. The molecule has 1 atom stereocenters. The summed E-state index contributed by atoms with van der Waals surface area (Å²) in [7, 11) is 0. The molecule has 1 unspecified atom stereocenters. The van der Waals surface area contributed by atoms with Crippen LogP contribution in [0.15, 0.2) is 36.7 Å². The number of para-hydroxylation sites is 1. The maximum Gasteiger partial charge on any atom is 0.256 e. The molecule has 1 aliphatic heterocycles. The summed E-state index contributed by atoms with van der Waals surface area (Å²) in [5.74, 6) is 0.0154. The summed E-state index contributed by atoms with van der Waals surface area (Å²) < 4.78 is 1.98. The van der Waals surface area contributed by atoms with Crippen molar-refractivity contribution in [3.8, 4) is 0 Å². The van der Waals surface area contributed by atoms with Crippen LogP contribution in [0.2, 0.25) is 0 Å². The first-order chi connectivity index (χ1) is 10.1. The first-order valence-electron chi connectivity index (χ1n) is 7.29. The van der Waals surface area contributed by atoms with Crippen LogP contribution >= 0.6 is 0 Å². The molecule has 1 saturated heterocycles. The van der Waals surface area contributed by atoms with Crippen LogP contribution in [0.4, 0.5) is 5.69 Å². The molecular formula is C16H20N4O. The number of carbonyl (C=O) groups excluding carboxylic acids is 1. The zero-order valence-corrected chi connectivity index (χ0v) is 12.2. The molecule has 0 aliphatic carbocycles. The summed E-state index contributed by atoms with van der Waals surface area (Å²) in [5.41, 5.74) is 8.19. The topological polar surface area (TPSA) is 64.2 Å². The van der Waals surface area contributed by atoms with E-state index in [1.165, 1.54) is 0 Å². The van der Waals surface area contributed by atoms with Crippen LogP contribution in [0.1, 0.15) is 34.8 Å². The summed E-state index contributed by atoms with van der Waals surface area (Å²) >= 11 is 0. The number of benzene rings is 1. The number of aryl methyl sites for hydroxylation is 1. The van der Waals surface area contributed by atoms with Crippen LogP contribution in [-0.4, -0.2) is 33.7 Å². The average Bonchev–Trinajstić information content (AvgIpc) is 2.94. The number of piperidine rings is 1. The fourth-order valence-corrected chi connectivity index (χ4v) is 2.85. The molecule has 0 bridgehead atoms. The van der Waals surface area contributed by atoms with E-state index in [2.05, 4.69) is 5.10 Å². The van der Waals surface area contributed by atoms with Crippen LogP contribution in [0, 0.1) is 6.92 Å². The van der Waals surface area contributed by atoms with Crippen molar-refractivity contribution in [3.63, 3.8) is 0 Å². The molecular weight excluding hydrogens is 264 g/mol. The molecule has 1 amide bonds. The first-order valence-corrected chi connectivity index (χ1v) is 7.29. The first kappa shape index (κ1) is 13.7. The van der Waals surface area contributed by atoms with Crippen molar-refractivity contribution in [3.05, 3.63) is 47.8 Å². The Labute approximate surface area is 124 Å². The minimum absolute atomic E-state index is 0.0154. The smallest absolute Gasteiger partial charge is 0.256 e. The number of anilines is 1. The lowest BCUT2D eigenvalue weighted by Crippen LogP contribution is -2.41. The second-order valence-electron chi connectivity index (χ2n) is 5.63. The molecule has 110 valence electrons. The van der Waals surface area contributed by atoms with Crippen LogP contribution < -0.4 is 5.73 Å². The van der Waals surface area contributed by atoms with E-state index in [0.29, 0.717) is 17.8 Å². The Bertz CT molecular complexity index is 649. The number of aromatic nitrogens is 2. The molecule has 5 heteroatoms. The van der Waals surface area contributed by atoms with Gasteiger partial charge in [0.05, 0.1) is 17.8 Å². The van der Waals surface area contributed by atoms with Gasteiger partial charge in [0.15, 0.2) is 0 Å². The lowest BCUT2D eigenvalue weighted by molar-refractivity contribution is 0.0674. The quantitative estimate of drug-likeness (QED) is 0.860. The molecule has 1 aliphatic rings. The molecule has 2 N–H and O–H groups in total. The predicted octanol–water partition coefficient (Wildman–Crippen LogP) is 2.25. The zero-order valence-electron chi connectivity index (χ0n) is 12.2. The lowest BCUT2D eigenvalue weighted by atomic mass is 10.0. The molecule has 5 nitrogen and oxygen atoms in total. The Morgan fingerprint density at radius 2 is 2.19 bits per heavy atom. The Kier molecular flexibility index (Phi) is 3.64. The van der Waals surface area contributed by atoms with Crippen molar-refractivity contribution >= 4 is 11.6 Å². The van der Waals surface area contributed by atoms with Crippen molar-refractivity contribution in [2.24, 2.45) is 0 Å². The van der Waals surface area contributed by atoms with Crippen LogP contribution in [0.3, 0.4) is 0 Å². The summed E-state index contributed by atoms with van der Waals surface area (Å²) in [4.78, 5) is 14.5. The van der Waals surface area contributed by atoms with Gasteiger partial charge in [-0.05, 0) is 37.5 Å². The number of nitrogens with two attached hydrogens (primary N) is 1. The van der Waals surface area contributed by atoms with Gasteiger partial charge >= 0.3 is 0 Å². The zero-order chi connectivity index (χ0) is 14.8. The van der Waals surface area contributed by atoms with Crippen molar-refractivity contribution in [2.75, 3.05) is 18.8 Å². The van der Waals surface area contributed by atoms with E-state index in [-0.39, 0.29) is 11.9 Å². The van der Waals surface area contributed by atoms with E-state index in [9.17, 15) is 4.79 Å². The number of nitrogens with zero attached hydrogens (tertiary/aromatic N) is 3. The number of likely N-dealkylation sites (tertiary alicyclic amines) is 1. The third-order valence-corrected chi connectivity index (χ3v) is 3.98. The third kappa shape index (κ3) is 2.77. The highest BCUT2D eigenvalue weighted by atomic mass is 16.2. The van der Waals surface area contributed by atoms with Crippen LogP contribution in [0.25, 0.3) is 0 Å². The second-order valence-corrected chi connectivity index (χ2v) is 5.63. The van der Waals surface area contributed by atoms with Gasteiger partial charge in [-0.3, -0.25) is 9.48 Å². The lowest BCUT2D eigenvalue weighted by Gasteiger charge is -2.33. The number of carbonyl (C=O) groups is 1. The Hall–Kier alpha value is -2.30. The summed E-state index contributed by atoms with van der Waals surface area (Å²) in [6, 6.07) is 7.51. The average molecular weight is 284 g/mol. The van der Waals surface area contributed by atoms with Gasteiger partial charge in [0.1, 0.15) is 0 Å². The normalized spacial score (nSPS) is 18.7. The highest BCUT2D eigenvalue weighted by Gasteiger charge is 2.26. The van der Waals surface area contributed by atoms with Gasteiger partial charge in [-0.15, -0.1) is 0 Å². The maximum absolute atomic E-state index is 12.6. The van der Waals surface area contributed by atoms with Gasteiger partial charge in [0.25, 0.3) is 5.91 Å². The van der Waals surface area contributed by atoms with E-state index >= 15 is 0 Å². The van der Waals surface area contributed by atoms with Gasteiger partial charge in [-0.1, -0.05) is 12.1 Å². The monoisotopic (exact) mass is 284 g/mol. The van der Waals surface area contributed by atoms with Gasteiger partial charge in [0.2, 0.25) is 0 Å². The number of hydrogen-bond acceptors (Lipinski definition) is 3. The molecule has 1 aromatic heterocycles. The van der Waals surface area contributed by atoms with Crippen molar-refractivity contribution in [2.45, 2.75) is 25.8 Å². The van der Waals surface area contributed by atoms with E-state index in [1.54, 1.807) is 12.1 Å².